The summed E-state index contributed by atoms with van der Waals surface area (Å²) in [6.07, 6.45) is 0. The van der Waals surface area contributed by atoms with Gasteiger partial charge in [-0.15, -0.1) is 0 Å². The zero-order valence-corrected chi connectivity index (χ0v) is 16.9. The Labute approximate surface area is 172 Å². The highest BCUT2D eigenvalue weighted by Crippen LogP contribution is 2.18. The smallest absolute Gasteiger partial charge is 0.319 e. The molecule has 1 aliphatic heterocycles. The number of hydrogen-bond donors (Lipinski definition) is 2. The van der Waals surface area contributed by atoms with Crippen LogP contribution in [0.25, 0.3) is 10.8 Å². The summed E-state index contributed by atoms with van der Waals surface area (Å²) in [5, 5.41) is 8.24. The van der Waals surface area contributed by atoms with E-state index in [4.69, 9.17) is 0 Å². The summed E-state index contributed by atoms with van der Waals surface area (Å²) in [6.45, 7) is 5.91. The van der Waals surface area contributed by atoms with E-state index in [2.05, 4.69) is 63.9 Å². The van der Waals surface area contributed by atoms with Crippen LogP contribution in [0.5, 0.6) is 0 Å². The highest BCUT2D eigenvalue weighted by molar-refractivity contribution is 5.90. The minimum atomic E-state index is -0.190. The molecule has 3 aromatic rings. The van der Waals surface area contributed by atoms with Gasteiger partial charge in [0.2, 0.25) is 0 Å². The Balaban J connectivity index is 1.29. The van der Waals surface area contributed by atoms with Crippen molar-refractivity contribution in [1.82, 2.24) is 15.1 Å². The summed E-state index contributed by atoms with van der Waals surface area (Å²) in [7, 11) is 2.17. The fourth-order valence-corrected chi connectivity index (χ4v) is 3.76. The van der Waals surface area contributed by atoms with Crippen molar-refractivity contribution in [2.45, 2.75) is 13.1 Å². The van der Waals surface area contributed by atoms with Crippen LogP contribution in [0.15, 0.2) is 66.7 Å². The van der Waals surface area contributed by atoms with Gasteiger partial charge in [-0.25, -0.2) is 4.79 Å². The summed E-state index contributed by atoms with van der Waals surface area (Å²) in [4.78, 5) is 17.2. The summed E-state index contributed by atoms with van der Waals surface area (Å²) in [5.74, 6) is 0. The van der Waals surface area contributed by atoms with Crippen LogP contribution in [-0.2, 0) is 13.1 Å². The van der Waals surface area contributed by atoms with Crippen LogP contribution in [-0.4, -0.2) is 49.1 Å². The molecular weight excluding hydrogens is 360 g/mol. The average molecular weight is 389 g/mol. The van der Waals surface area contributed by atoms with Crippen LogP contribution >= 0.6 is 0 Å². The van der Waals surface area contributed by atoms with Gasteiger partial charge in [-0.05, 0) is 41.1 Å². The lowest BCUT2D eigenvalue weighted by Crippen LogP contribution is -2.43. The van der Waals surface area contributed by atoms with Crippen molar-refractivity contribution in [3.63, 3.8) is 0 Å². The predicted octanol–water partition coefficient (Wildman–Crippen LogP) is 3.91. The van der Waals surface area contributed by atoms with Crippen LogP contribution < -0.4 is 10.6 Å². The van der Waals surface area contributed by atoms with Crippen molar-refractivity contribution in [1.29, 1.82) is 0 Å². The van der Waals surface area contributed by atoms with Crippen molar-refractivity contribution in [3.8, 4) is 0 Å². The third kappa shape index (κ3) is 5.13. The van der Waals surface area contributed by atoms with Crippen LogP contribution in [0.3, 0.4) is 0 Å². The molecule has 0 atom stereocenters. The third-order valence-electron chi connectivity index (χ3n) is 5.53. The first-order chi connectivity index (χ1) is 14.2. The molecule has 29 heavy (non-hydrogen) atoms. The Morgan fingerprint density at radius 1 is 0.897 bits per heavy atom. The first kappa shape index (κ1) is 19.4. The second-order valence-corrected chi connectivity index (χ2v) is 7.72. The van der Waals surface area contributed by atoms with Crippen LogP contribution in [0.1, 0.15) is 11.1 Å². The number of carbonyl (C=O) groups is 1. The first-order valence-electron chi connectivity index (χ1n) is 10.2. The fraction of sp³-hybridized carbons (Fsp3) is 0.292. The van der Waals surface area contributed by atoms with E-state index < -0.39 is 0 Å². The van der Waals surface area contributed by atoms with Crippen molar-refractivity contribution >= 4 is 22.5 Å². The van der Waals surface area contributed by atoms with Crippen LogP contribution in [0.4, 0.5) is 10.5 Å². The number of nitrogens with zero attached hydrogens (tertiary/aromatic N) is 2. The number of nitrogens with one attached hydrogen (secondary N) is 2. The first-order valence-corrected chi connectivity index (χ1v) is 10.2. The zero-order valence-electron chi connectivity index (χ0n) is 16.9. The van der Waals surface area contributed by atoms with Gasteiger partial charge in [0.25, 0.3) is 0 Å². The van der Waals surface area contributed by atoms with Gasteiger partial charge in [0, 0.05) is 45.0 Å². The number of piperazine rings is 1. The Bertz CT molecular complexity index is 957. The third-order valence-corrected chi connectivity index (χ3v) is 5.53. The number of rotatable bonds is 5. The number of amides is 2. The van der Waals surface area contributed by atoms with E-state index in [0.29, 0.717) is 6.54 Å². The second-order valence-electron chi connectivity index (χ2n) is 7.72. The van der Waals surface area contributed by atoms with E-state index >= 15 is 0 Å². The Hall–Kier alpha value is -2.89. The van der Waals surface area contributed by atoms with Crippen molar-refractivity contribution in [3.05, 3.63) is 77.9 Å². The maximum atomic E-state index is 12.3. The number of anilines is 1. The quantitative estimate of drug-likeness (QED) is 0.697. The minimum Gasteiger partial charge on any atom is -0.334 e. The molecule has 0 bridgehead atoms. The van der Waals surface area contributed by atoms with Crippen LogP contribution in [0.2, 0.25) is 0 Å². The van der Waals surface area contributed by atoms with Gasteiger partial charge >= 0.3 is 6.03 Å². The number of carbonyl (C=O) groups excluding carboxylic acids is 1. The lowest BCUT2D eigenvalue weighted by atomic mass is 10.0. The maximum Gasteiger partial charge on any atom is 0.319 e. The predicted molar refractivity (Wildman–Crippen MR) is 119 cm³/mol. The lowest BCUT2D eigenvalue weighted by Gasteiger charge is -2.32. The van der Waals surface area contributed by atoms with E-state index in [9.17, 15) is 4.79 Å². The van der Waals surface area contributed by atoms with Gasteiger partial charge in [-0.2, -0.15) is 0 Å². The van der Waals surface area contributed by atoms with E-state index in [-0.39, 0.29) is 6.03 Å². The highest BCUT2D eigenvalue weighted by atomic mass is 16.2. The van der Waals surface area contributed by atoms with E-state index in [1.165, 1.54) is 16.3 Å². The van der Waals surface area contributed by atoms with Gasteiger partial charge < -0.3 is 15.5 Å². The number of benzene rings is 3. The molecule has 0 unspecified atom stereocenters. The molecular formula is C24H28N4O. The highest BCUT2D eigenvalue weighted by Gasteiger charge is 2.13. The molecule has 0 saturated carbocycles. The number of fused-ring (bicyclic) bond motifs is 1. The van der Waals surface area contributed by atoms with Gasteiger partial charge in [0.05, 0.1) is 0 Å². The van der Waals surface area contributed by atoms with Crippen molar-refractivity contribution < 1.29 is 4.79 Å². The van der Waals surface area contributed by atoms with Gasteiger partial charge in [0.1, 0.15) is 0 Å². The monoisotopic (exact) mass is 388 g/mol. The molecule has 0 spiro atoms. The van der Waals surface area contributed by atoms with E-state index in [1.807, 2.05) is 30.3 Å². The van der Waals surface area contributed by atoms with E-state index in [1.54, 1.807) is 0 Å². The van der Waals surface area contributed by atoms with Gasteiger partial charge in [-0.3, -0.25) is 4.90 Å². The SMILES string of the molecule is CN1CCN(Cc2ccc(NC(=O)NCc3cccc4ccccc34)cc2)CC1. The summed E-state index contributed by atoms with van der Waals surface area (Å²) in [5.41, 5.74) is 3.19. The average Bonchev–Trinajstić information content (AvgIpc) is 2.75. The molecule has 1 aliphatic rings. The fourth-order valence-electron chi connectivity index (χ4n) is 3.76. The molecule has 2 amide bonds. The van der Waals surface area contributed by atoms with Crippen LogP contribution in [0, 0.1) is 0 Å². The van der Waals surface area contributed by atoms with E-state index in [0.717, 1.165) is 44.0 Å². The number of urea groups is 1. The van der Waals surface area contributed by atoms with Gasteiger partial charge in [-0.1, -0.05) is 54.6 Å². The molecule has 3 aromatic carbocycles. The van der Waals surface area contributed by atoms with Crippen molar-refractivity contribution in [2.75, 3.05) is 38.5 Å². The maximum absolute atomic E-state index is 12.3. The molecule has 2 N–H and O–H groups in total. The molecule has 150 valence electrons. The minimum absolute atomic E-state index is 0.190. The Kier molecular flexibility index (Phi) is 6.08. The second kappa shape index (κ2) is 9.07. The number of hydrogen-bond acceptors (Lipinski definition) is 3. The molecule has 1 saturated heterocycles. The molecule has 0 aromatic heterocycles. The summed E-state index contributed by atoms with van der Waals surface area (Å²) >= 11 is 0. The molecule has 0 aliphatic carbocycles. The molecule has 4 rings (SSSR count). The summed E-state index contributed by atoms with van der Waals surface area (Å²) in [6, 6.07) is 22.3. The number of likely N-dealkylation sites (N-methyl/N-ethyl adjacent to an activating group) is 1. The molecule has 1 heterocycles. The standard InChI is InChI=1S/C24H28N4O/c1-27-13-15-28(16-14-27)18-19-9-11-22(12-10-19)26-24(29)25-17-21-7-4-6-20-5-2-3-8-23(20)21/h2-12H,13-18H2,1H3,(H2,25,26,29). The molecule has 5 nitrogen and oxygen atoms in total. The zero-order chi connectivity index (χ0) is 20.1. The normalized spacial score (nSPS) is 15.3. The van der Waals surface area contributed by atoms with Gasteiger partial charge in [0.15, 0.2) is 0 Å². The largest absolute Gasteiger partial charge is 0.334 e. The topological polar surface area (TPSA) is 47.6 Å². The molecule has 5 heteroatoms. The molecule has 1 fully saturated rings. The lowest BCUT2D eigenvalue weighted by molar-refractivity contribution is 0.148. The molecule has 0 radical (unpaired) electrons. The Morgan fingerprint density at radius 3 is 2.41 bits per heavy atom. The Morgan fingerprint density at radius 2 is 1.62 bits per heavy atom. The van der Waals surface area contributed by atoms with Crippen molar-refractivity contribution in [2.24, 2.45) is 0 Å². The summed E-state index contributed by atoms with van der Waals surface area (Å²) < 4.78 is 0.